The number of imidazole rings is 1. The highest BCUT2D eigenvalue weighted by molar-refractivity contribution is 6.30. The van der Waals surface area contributed by atoms with Crippen molar-refractivity contribution in [1.29, 1.82) is 0 Å². The Labute approximate surface area is 231 Å². The predicted octanol–water partition coefficient (Wildman–Crippen LogP) is 6.03. The fourth-order valence-electron chi connectivity index (χ4n) is 5.15. The molecule has 1 fully saturated rings. The van der Waals surface area contributed by atoms with E-state index in [2.05, 4.69) is 25.3 Å². The van der Waals surface area contributed by atoms with E-state index in [1.54, 1.807) is 24.4 Å². The molecule has 202 valence electrons. The summed E-state index contributed by atoms with van der Waals surface area (Å²) in [5, 5.41) is 6.25. The van der Waals surface area contributed by atoms with Gasteiger partial charge in [0.2, 0.25) is 11.8 Å². The van der Waals surface area contributed by atoms with Crippen LogP contribution in [0.4, 0.5) is 16.2 Å². The molecule has 10 heteroatoms. The summed E-state index contributed by atoms with van der Waals surface area (Å²) in [6.07, 6.45) is 7.76. The number of amides is 3. The first-order valence-corrected chi connectivity index (χ1v) is 13.3. The zero-order chi connectivity index (χ0) is 27.4. The number of ether oxygens (including phenoxy) is 1. The minimum absolute atomic E-state index is 0.0719. The van der Waals surface area contributed by atoms with Gasteiger partial charge in [-0.05, 0) is 61.1 Å². The number of piperidine rings is 1. The van der Waals surface area contributed by atoms with Crippen molar-refractivity contribution in [2.75, 3.05) is 24.3 Å². The van der Waals surface area contributed by atoms with E-state index in [1.807, 2.05) is 41.3 Å². The second-order valence-corrected chi connectivity index (χ2v) is 10.1. The number of likely N-dealkylation sites (tertiary alicyclic amines) is 1. The summed E-state index contributed by atoms with van der Waals surface area (Å²) in [4.78, 5) is 47.8. The van der Waals surface area contributed by atoms with Crippen LogP contribution < -0.4 is 10.6 Å². The minimum atomic E-state index is -0.605. The van der Waals surface area contributed by atoms with Gasteiger partial charge in [-0.25, -0.2) is 9.78 Å². The summed E-state index contributed by atoms with van der Waals surface area (Å²) in [5.74, 6) is 0.728. The number of halogens is 1. The first-order chi connectivity index (χ1) is 18.9. The lowest BCUT2D eigenvalue weighted by atomic mass is 9.88. The normalized spacial score (nSPS) is 20.5. The van der Waals surface area contributed by atoms with Gasteiger partial charge >= 0.3 is 6.09 Å². The summed E-state index contributed by atoms with van der Waals surface area (Å²) in [7, 11) is 1.29. The average Bonchev–Trinajstić information content (AvgIpc) is 3.40. The van der Waals surface area contributed by atoms with Crippen molar-refractivity contribution < 1.29 is 19.1 Å². The van der Waals surface area contributed by atoms with Gasteiger partial charge in [0.25, 0.3) is 0 Å². The highest BCUT2D eigenvalue weighted by atomic mass is 35.5. The summed E-state index contributed by atoms with van der Waals surface area (Å²) < 4.78 is 4.68. The van der Waals surface area contributed by atoms with Crippen molar-refractivity contribution in [3.63, 3.8) is 0 Å². The van der Waals surface area contributed by atoms with Gasteiger partial charge in [0.1, 0.15) is 5.82 Å². The highest BCUT2D eigenvalue weighted by Gasteiger charge is 2.33. The van der Waals surface area contributed by atoms with E-state index in [0.717, 1.165) is 17.5 Å². The van der Waals surface area contributed by atoms with Crippen molar-refractivity contribution >= 4 is 40.9 Å². The second-order valence-electron chi connectivity index (χ2n) is 9.70. The molecule has 3 amide bonds. The van der Waals surface area contributed by atoms with Crippen LogP contribution in [0.3, 0.4) is 0 Å². The van der Waals surface area contributed by atoms with Crippen molar-refractivity contribution in [3.8, 4) is 11.3 Å². The molecule has 3 aromatic rings. The van der Waals surface area contributed by atoms with Crippen molar-refractivity contribution in [1.82, 2.24) is 14.9 Å². The molecule has 5 rings (SSSR count). The van der Waals surface area contributed by atoms with Gasteiger partial charge in [0, 0.05) is 35.7 Å². The molecular weight excluding hydrogens is 518 g/mol. The molecule has 0 radical (unpaired) electrons. The molecular formula is C29H30ClN5O4. The Bertz CT molecular complexity index is 1420. The Morgan fingerprint density at radius 2 is 2.05 bits per heavy atom. The lowest BCUT2D eigenvalue weighted by Gasteiger charge is -2.36. The molecule has 2 bridgehead atoms. The summed E-state index contributed by atoms with van der Waals surface area (Å²) in [6.45, 7) is 0.601. The predicted molar refractivity (Wildman–Crippen MR) is 150 cm³/mol. The number of carbonyl (C=O) groups is 3. The molecule has 39 heavy (non-hydrogen) atoms. The molecule has 1 saturated heterocycles. The standard InChI is InChI=1S/C29H30ClN5O4/c1-39-29(38)32-21-10-11-22-23(16-21)33-26(36)9-4-2-3-8-25(28-31-17-24(22)34-28)35-13-12-19(15-27(35)37)18-6-5-7-20(30)14-18/h2-3,5-7,10-11,14,16-17,19,25H,4,8-9,12-13,15H2,1H3,(H,31,34)(H,32,38)(H,33,36)/b3-2+/t19-,25-/m0/s1. The first-order valence-electron chi connectivity index (χ1n) is 13.0. The van der Waals surface area contributed by atoms with Gasteiger partial charge < -0.3 is 19.9 Å². The Morgan fingerprint density at radius 3 is 2.85 bits per heavy atom. The average molecular weight is 548 g/mol. The van der Waals surface area contributed by atoms with Crippen LogP contribution in [-0.4, -0.2) is 46.4 Å². The van der Waals surface area contributed by atoms with Crippen LogP contribution in [0.1, 0.15) is 55.5 Å². The quantitative estimate of drug-likeness (QED) is 0.346. The van der Waals surface area contributed by atoms with Crippen molar-refractivity contribution in [2.45, 2.75) is 44.1 Å². The maximum Gasteiger partial charge on any atom is 0.411 e. The summed E-state index contributed by atoms with van der Waals surface area (Å²) in [5.41, 5.74) is 3.51. The van der Waals surface area contributed by atoms with Crippen LogP contribution >= 0.6 is 11.6 Å². The molecule has 2 aliphatic heterocycles. The van der Waals surface area contributed by atoms with E-state index >= 15 is 0 Å². The summed E-state index contributed by atoms with van der Waals surface area (Å²) >= 11 is 6.19. The van der Waals surface area contributed by atoms with Crippen LogP contribution in [0.2, 0.25) is 5.02 Å². The van der Waals surface area contributed by atoms with Crippen LogP contribution in [0.15, 0.2) is 60.8 Å². The Kier molecular flexibility index (Phi) is 7.97. The molecule has 0 spiro atoms. The number of fused-ring (bicyclic) bond motifs is 4. The van der Waals surface area contributed by atoms with Crippen LogP contribution in [0.5, 0.6) is 0 Å². The minimum Gasteiger partial charge on any atom is -0.453 e. The third-order valence-corrected chi connectivity index (χ3v) is 7.38. The van der Waals surface area contributed by atoms with E-state index in [0.29, 0.717) is 60.1 Å². The number of hydrogen-bond donors (Lipinski definition) is 3. The molecule has 2 aromatic carbocycles. The number of aromatic nitrogens is 2. The lowest BCUT2D eigenvalue weighted by Crippen LogP contribution is -2.41. The smallest absolute Gasteiger partial charge is 0.411 e. The van der Waals surface area contributed by atoms with Gasteiger partial charge in [0.15, 0.2) is 0 Å². The number of hydrogen-bond acceptors (Lipinski definition) is 5. The second kappa shape index (κ2) is 11.7. The van der Waals surface area contributed by atoms with Gasteiger partial charge in [-0.15, -0.1) is 0 Å². The number of allylic oxidation sites excluding steroid dienone is 1. The maximum atomic E-state index is 13.4. The van der Waals surface area contributed by atoms with E-state index in [1.165, 1.54) is 7.11 Å². The molecule has 0 saturated carbocycles. The Morgan fingerprint density at radius 1 is 1.18 bits per heavy atom. The van der Waals surface area contributed by atoms with Crippen LogP contribution in [-0.2, 0) is 14.3 Å². The van der Waals surface area contributed by atoms with E-state index in [-0.39, 0.29) is 23.8 Å². The third-order valence-electron chi connectivity index (χ3n) is 7.15. The Balaban J connectivity index is 1.43. The molecule has 2 atom stereocenters. The Hall–Kier alpha value is -4.11. The zero-order valence-electron chi connectivity index (χ0n) is 21.6. The number of carbonyl (C=O) groups excluding carboxylic acids is 3. The van der Waals surface area contributed by atoms with Gasteiger partial charge in [-0.2, -0.15) is 0 Å². The molecule has 0 unspecified atom stereocenters. The third kappa shape index (κ3) is 6.15. The molecule has 9 nitrogen and oxygen atoms in total. The van der Waals surface area contributed by atoms with Gasteiger partial charge in [0.05, 0.1) is 30.7 Å². The van der Waals surface area contributed by atoms with E-state index in [9.17, 15) is 14.4 Å². The molecule has 3 N–H and O–H groups in total. The van der Waals surface area contributed by atoms with Gasteiger partial charge in [-0.1, -0.05) is 35.9 Å². The van der Waals surface area contributed by atoms with Crippen LogP contribution in [0, 0.1) is 0 Å². The van der Waals surface area contributed by atoms with Gasteiger partial charge in [-0.3, -0.25) is 14.9 Å². The molecule has 0 aliphatic carbocycles. The van der Waals surface area contributed by atoms with E-state index in [4.69, 9.17) is 11.6 Å². The number of aromatic amines is 1. The topological polar surface area (TPSA) is 116 Å². The fourth-order valence-corrected chi connectivity index (χ4v) is 5.35. The number of anilines is 2. The number of methoxy groups -OCH3 is 1. The van der Waals surface area contributed by atoms with Crippen molar-refractivity contribution in [3.05, 3.63) is 77.2 Å². The first kappa shape index (κ1) is 26.5. The number of benzene rings is 2. The highest BCUT2D eigenvalue weighted by Crippen LogP contribution is 2.36. The van der Waals surface area contributed by atoms with Crippen LogP contribution in [0.25, 0.3) is 11.3 Å². The monoisotopic (exact) mass is 547 g/mol. The van der Waals surface area contributed by atoms with Crippen molar-refractivity contribution in [2.24, 2.45) is 0 Å². The zero-order valence-corrected chi connectivity index (χ0v) is 22.3. The largest absolute Gasteiger partial charge is 0.453 e. The number of rotatable bonds is 3. The SMILES string of the molecule is COC(=O)Nc1ccc2c(c1)NC(=O)CC/C=C/C[C@H](N1CC[C@H](c3cccc(Cl)c3)CC1=O)c1ncc-2[nH]1. The summed E-state index contributed by atoms with van der Waals surface area (Å²) in [6, 6.07) is 12.7. The maximum absolute atomic E-state index is 13.4. The number of nitrogens with zero attached hydrogens (tertiary/aromatic N) is 2. The van der Waals surface area contributed by atoms with E-state index < -0.39 is 6.09 Å². The number of H-pyrrole nitrogens is 1. The molecule has 3 heterocycles. The lowest BCUT2D eigenvalue weighted by molar-refractivity contribution is -0.136. The number of nitrogens with one attached hydrogen (secondary N) is 3. The molecule has 2 aliphatic rings. The fraction of sp³-hybridized carbons (Fsp3) is 0.310. The molecule has 1 aromatic heterocycles.